The fourth-order valence-electron chi connectivity index (χ4n) is 3.61. The molecule has 0 aliphatic carbocycles. The molecule has 2 aromatic rings. The number of hydrogen-bond donors (Lipinski definition) is 0. The van der Waals surface area contributed by atoms with Crippen LogP contribution in [0.1, 0.15) is 31.4 Å². The van der Waals surface area contributed by atoms with E-state index in [0.717, 1.165) is 43.7 Å². The first-order valence-corrected chi connectivity index (χ1v) is 10.7. The van der Waals surface area contributed by atoms with Crippen LogP contribution in [0.15, 0.2) is 48.5 Å². The fourth-order valence-corrected chi connectivity index (χ4v) is 3.61. The van der Waals surface area contributed by atoms with Gasteiger partial charge in [0.05, 0.1) is 13.2 Å². The van der Waals surface area contributed by atoms with E-state index in [2.05, 4.69) is 4.90 Å². The molecule has 0 bridgehead atoms. The standard InChI is InChI=1S/C25H31FN2O3/c1-19(2)31-23-11-7-20(17-24(23)30-3)8-12-25(29)28-14-4-13-27(15-16-28)18-21-5-9-22(26)10-6-21/h5-12,17,19H,4,13-16,18H2,1-3H3/b12-8+. The molecule has 0 unspecified atom stereocenters. The summed E-state index contributed by atoms with van der Waals surface area (Å²) in [6.07, 6.45) is 4.40. The van der Waals surface area contributed by atoms with Gasteiger partial charge in [0.15, 0.2) is 11.5 Å². The SMILES string of the molecule is COc1cc(/C=C/C(=O)N2CCCN(Cc3ccc(F)cc3)CC2)ccc1OC(C)C. The lowest BCUT2D eigenvalue weighted by Gasteiger charge is -2.21. The minimum atomic E-state index is -0.220. The molecule has 1 aliphatic heterocycles. The van der Waals surface area contributed by atoms with Crippen LogP contribution >= 0.6 is 0 Å². The minimum absolute atomic E-state index is 0.00473. The minimum Gasteiger partial charge on any atom is -0.493 e. The first kappa shape index (κ1) is 22.8. The third-order valence-electron chi connectivity index (χ3n) is 5.19. The highest BCUT2D eigenvalue weighted by molar-refractivity contribution is 5.91. The molecular formula is C25H31FN2O3. The average molecular weight is 427 g/mol. The van der Waals surface area contributed by atoms with Gasteiger partial charge in [-0.2, -0.15) is 0 Å². The van der Waals surface area contributed by atoms with E-state index >= 15 is 0 Å². The number of amides is 1. The van der Waals surface area contributed by atoms with Crippen LogP contribution in [-0.2, 0) is 11.3 Å². The van der Waals surface area contributed by atoms with E-state index in [0.29, 0.717) is 18.0 Å². The molecule has 0 spiro atoms. The van der Waals surface area contributed by atoms with E-state index in [-0.39, 0.29) is 17.8 Å². The lowest BCUT2D eigenvalue weighted by molar-refractivity contribution is -0.125. The molecule has 0 N–H and O–H groups in total. The quantitative estimate of drug-likeness (QED) is 0.617. The summed E-state index contributed by atoms with van der Waals surface area (Å²) in [4.78, 5) is 16.9. The Balaban J connectivity index is 1.56. The van der Waals surface area contributed by atoms with Crippen LogP contribution in [-0.4, -0.2) is 55.1 Å². The number of hydrogen-bond acceptors (Lipinski definition) is 4. The van der Waals surface area contributed by atoms with E-state index in [1.807, 2.05) is 55.2 Å². The summed E-state index contributed by atoms with van der Waals surface area (Å²) in [6.45, 7) is 7.82. The normalized spacial score (nSPS) is 15.3. The Kier molecular flexibility index (Phi) is 8.06. The van der Waals surface area contributed by atoms with Crippen molar-refractivity contribution in [3.05, 3.63) is 65.5 Å². The monoisotopic (exact) mass is 426 g/mol. The lowest BCUT2D eigenvalue weighted by Crippen LogP contribution is -2.34. The van der Waals surface area contributed by atoms with Crippen LogP contribution < -0.4 is 9.47 Å². The number of rotatable bonds is 7. The van der Waals surface area contributed by atoms with Gasteiger partial charge < -0.3 is 14.4 Å². The molecule has 1 amide bonds. The van der Waals surface area contributed by atoms with E-state index in [1.54, 1.807) is 13.2 Å². The first-order valence-electron chi connectivity index (χ1n) is 10.7. The highest BCUT2D eigenvalue weighted by Gasteiger charge is 2.18. The number of ether oxygens (including phenoxy) is 2. The maximum atomic E-state index is 13.1. The Bertz CT molecular complexity index is 896. The number of carbonyl (C=O) groups is 1. The van der Waals surface area contributed by atoms with Crippen LogP contribution in [0.4, 0.5) is 4.39 Å². The topological polar surface area (TPSA) is 42.0 Å². The van der Waals surface area contributed by atoms with Crippen molar-refractivity contribution in [2.45, 2.75) is 32.9 Å². The number of halogens is 1. The average Bonchev–Trinajstić information content (AvgIpc) is 2.99. The van der Waals surface area contributed by atoms with Crippen LogP contribution in [0.3, 0.4) is 0 Å². The molecule has 0 radical (unpaired) electrons. The second-order valence-electron chi connectivity index (χ2n) is 7.99. The molecule has 1 saturated heterocycles. The Labute approximate surface area is 184 Å². The van der Waals surface area contributed by atoms with E-state index in [9.17, 15) is 9.18 Å². The van der Waals surface area contributed by atoms with Crippen molar-refractivity contribution >= 4 is 12.0 Å². The summed E-state index contributed by atoms with van der Waals surface area (Å²) in [6, 6.07) is 12.3. The summed E-state index contributed by atoms with van der Waals surface area (Å²) >= 11 is 0. The number of benzene rings is 2. The van der Waals surface area contributed by atoms with E-state index in [1.165, 1.54) is 12.1 Å². The molecule has 166 valence electrons. The molecule has 5 nitrogen and oxygen atoms in total. The van der Waals surface area contributed by atoms with Gasteiger partial charge in [-0.25, -0.2) is 4.39 Å². The molecule has 6 heteroatoms. The maximum absolute atomic E-state index is 13.1. The second kappa shape index (κ2) is 11.0. The molecule has 2 aromatic carbocycles. The first-order chi connectivity index (χ1) is 14.9. The number of methoxy groups -OCH3 is 1. The Morgan fingerprint density at radius 3 is 2.55 bits per heavy atom. The molecule has 0 atom stereocenters. The van der Waals surface area contributed by atoms with Crippen molar-refractivity contribution in [2.75, 3.05) is 33.3 Å². The highest BCUT2D eigenvalue weighted by atomic mass is 19.1. The van der Waals surface area contributed by atoms with Crippen molar-refractivity contribution in [2.24, 2.45) is 0 Å². The van der Waals surface area contributed by atoms with Gasteiger partial charge in [-0.3, -0.25) is 9.69 Å². The van der Waals surface area contributed by atoms with Crippen LogP contribution in [0.25, 0.3) is 6.08 Å². The van der Waals surface area contributed by atoms with E-state index in [4.69, 9.17) is 9.47 Å². The van der Waals surface area contributed by atoms with Crippen molar-refractivity contribution in [1.82, 2.24) is 9.80 Å². The molecule has 31 heavy (non-hydrogen) atoms. The van der Waals surface area contributed by atoms with E-state index < -0.39 is 0 Å². The Morgan fingerprint density at radius 2 is 1.84 bits per heavy atom. The van der Waals surface area contributed by atoms with Gasteiger partial charge in [-0.05, 0) is 61.7 Å². The molecule has 0 saturated carbocycles. The molecule has 1 aliphatic rings. The predicted octanol–water partition coefficient (Wildman–Crippen LogP) is 4.37. The van der Waals surface area contributed by atoms with Gasteiger partial charge in [0, 0.05) is 38.8 Å². The highest BCUT2D eigenvalue weighted by Crippen LogP contribution is 2.29. The smallest absolute Gasteiger partial charge is 0.246 e. The third-order valence-corrected chi connectivity index (χ3v) is 5.19. The summed E-state index contributed by atoms with van der Waals surface area (Å²) in [5.74, 6) is 1.12. The van der Waals surface area contributed by atoms with Crippen LogP contribution in [0, 0.1) is 5.82 Å². The summed E-state index contributed by atoms with van der Waals surface area (Å²) in [5, 5.41) is 0. The van der Waals surface area contributed by atoms with Gasteiger partial charge in [0.1, 0.15) is 5.82 Å². The number of nitrogens with zero attached hydrogens (tertiary/aromatic N) is 2. The fraction of sp³-hybridized carbons (Fsp3) is 0.400. The maximum Gasteiger partial charge on any atom is 0.246 e. The molecule has 1 fully saturated rings. The predicted molar refractivity (Wildman–Crippen MR) is 121 cm³/mol. The third kappa shape index (κ3) is 6.82. The summed E-state index contributed by atoms with van der Waals surface area (Å²) in [7, 11) is 1.61. The number of carbonyl (C=O) groups excluding carboxylic acids is 1. The Hall–Kier alpha value is -2.86. The van der Waals surface area contributed by atoms with Crippen LogP contribution in [0.5, 0.6) is 11.5 Å². The Morgan fingerprint density at radius 1 is 1.06 bits per heavy atom. The summed E-state index contributed by atoms with van der Waals surface area (Å²) in [5.41, 5.74) is 1.97. The molecule has 0 aromatic heterocycles. The van der Waals surface area contributed by atoms with Crippen molar-refractivity contribution in [3.8, 4) is 11.5 Å². The zero-order chi connectivity index (χ0) is 22.2. The summed E-state index contributed by atoms with van der Waals surface area (Å²) < 4.78 is 24.3. The second-order valence-corrected chi connectivity index (χ2v) is 7.99. The van der Waals surface area contributed by atoms with Crippen molar-refractivity contribution in [1.29, 1.82) is 0 Å². The molecule has 3 rings (SSSR count). The van der Waals surface area contributed by atoms with Gasteiger partial charge in [-0.1, -0.05) is 18.2 Å². The zero-order valence-corrected chi connectivity index (χ0v) is 18.5. The molecular weight excluding hydrogens is 395 g/mol. The molecule has 1 heterocycles. The van der Waals surface area contributed by atoms with Gasteiger partial charge in [-0.15, -0.1) is 0 Å². The lowest BCUT2D eigenvalue weighted by atomic mass is 10.2. The van der Waals surface area contributed by atoms with Gasteiger partial charge in [0.25, 0.3) is 0 Å². The van der Waals surface area contributed by atoms with Crippen molar-refractivity contribution < 1.29 is 18.7 Å². The van der Waals surface area contributed by atoms with Gasteiger partial charge in [0.2, 0.25) is 5.91 Å². The largest absolute Gasteiger partial charge is 0.493 e. The van der Waals surface area contributed by atoms with Crippen LogP contribution in [0.2, 0.25) is 0 Å². The van der Waals surface area contributed by atoms with Gasteiger partial charge >= 0.3 is 0 Å². The van der Waals surface area contributed by atoms with Crippen molar-refractivity contribution in [3.63, 3.8) is 0 Å². The zero-order valence-electron chi connectivity index (χ0n) is 18.5.